The van der Waals surface area contributed by atoms with E-state index in [4.69, 9.17) is 5.11 Å². The van der Waals surface area contributed by atoms with Gasteiger partial charge in [0.2, 0.25) is 5.76 Å². The van der Waals surface area contributed by atoms with Gasteiger partial charge in [-0.3, -0.25) is 4.79 Å². The van der Waals surface area contributed by atoms with Gasteiger partial charge in [0.05, 0.1) is 0 Å². The van der Waals surface area contributed by atoms with Gasteiger partial charge in [0.1, 0.15) is 22.5 Å². The molecule has 0 amide bonds. The van der Waals surface area contributed by atoms with Gasteiger partial charge < -0.3 is 9.52 Å². The van der Waals surface area contributed by atoms with E-state index in [1.807, 2.05) is 0 Å². The van der Waals surface area contributed by atoms with Crippen molar-refractivity contribution in [2.45, 2.75) is 6.18 Å². The quantitative estimate of drug-likeness (QED) is 0.729. The maximum Gasteiger partial charge on any atom is 0.449 e. The molecule has 0 saturated carbocycles. The van der Waals surface area contributed by atoms with Crippen molar-refractivity contribution in [2.75, 3.05) is 0 Å². The van der Waals surface area contributed by atoms with E-state index >= 15 is 0 Å². The summed E-state index contributed by atoms with van der Waals surface area (Å²) in [4.78, 5) is 11.3. The van der Waals surface area contributed by atoms with E-state index in [0.717, 1.165) is 6.07 Å². The van der Waals surface area contributed by atoms with Gasteiger partial charge in [-0.15, -0.1) is 0 Å². The molecule has 1 heterocycles. The molecule has 0 aliphatic carbocycles. The molecule has 1 aromatic heterocycles. The summed E-state index contributed by atoms with van der Waals surface area (Å²) < 4.78 is 54.5. The Bertz CT molecular complexity index is 642. The zero-order chi connectivity index (χ0) is 12.8. The van der Waals surface area contributed by atoms with E-state index in [2.05, 4.69) is 4.42 Å². The van der Waals surface area contributed by atoms with Crippen LogP contribution in [0.1, 0.15) is 5.76 Å². The minimum atomic E-state index is -4.85. The maximum atomic E-state index is 13.2. The molecule has 0 spiro atoms. The Morgan fingerprint density at radius 2 is 1.82 bits per heavy atom. The highest BCUT2D eigenvalue weighted by Gasteiger charge is 2.35. The van der Waals surface area contributed by atoms with Crippen LogP contribution in [0.5, 0.6) is 5.75 Å². The molecule has 0 unspecified atom stereocenters. The van der Waals surface area contributed by atoms with Crippen molar-refractivity contribution in [2.24, 2.45) is 0 Å². The lowest BCUT2D eigenvalue weighted by atomic mass is 10.2. The fraction of sp³-hybridized carbons (Fsp3) is 0.100. The van der Waals surface area contributed by atoms with Crippen LogP contribution in [-0.4, -0.2) is 5.11 Å². The van der Waals surface area contributed by atoms with Crippen LogP contribution in [0.25, 0.3) is 11.0 Å². The summed E-state index contributed by atoms with van der Waals surface area (Å²) in [5.41, 5.74) is -1.81. The minimum Gasteiger partial charge on any atom is -0.508 e. The van der Waals surface area contributed by atoms with Gasteiger partial charge in [-0.2, -0.15) is 13.2 Å². The largest absolute Gasteiger partial charge is 0.508 e. The van der Waals surface area contributed by atoms with Crippen molar-refractivity contribution in [1.82, 2.24) is 0 Å². The average molecular weight is 248 g/mol. The number of rotatable bonds is 0. The number of fused-ring (bicyclic) bond motifs is 1. The monoisotopic (exact) mass is 248 g/mol. The van der Waals surface area contributed by atoms with Crippen LogP contribution >= 0.6 is 0 Å². The lowest BCUT2D eigenvalue weighted by Gasteiger charge is -2.06. The van der Waals surface area contributed by atoms with Crippen LogP contribution in [0.15, 0.2) is 27.4 Å². The first-order valence-electron chi connectivity index (χ1n) is 4.32. The zero-order valence-corrected chi connectivity index (χ0v) is 8.01. The Morgan fingerprint density at radius 3 is 2.41 bits per heavy atom. The highest BCUT2D eigenvalue weighted by atomic mass is 19.4. The molecule has 3 nitrogen and oxygen atoms in total. The van der Waals surface area contributed by atoms with Crippen LogP contribution in [-0.2, 0) is 6.18 Å². The zero-order valence-electron chi connectivity index (χ0n) is 8.01. The van der Waals surface area contributed by atoms with Crippen LogP contribution in [0.2, 0.25) is 0 Å². The third kappa shape index (κ3) is 1.95. The highest BCUT2D eigenvalue weighted by molar-refractivity contribution is 5.78. The lowest BCUT2D eigenvalue weighted by Crippen LogP contribution is -2.11. The first kappa shape index (κ1) is 11.4. The minimum absolute atomic E-state index is 0.169. The molecule has 7 heteroatoms. The maximum absolute atomic E-state index is 13.2. The Hall–Kier alpha value is -2.05. The van der Waals surface area contributed by atoms with E-state index in [1.165, 1.54) is 0 Å². The van der Waals surface area contributed by atoms with E-state index in [9.17, 15) is 22.4 Å². The number of phenolic OH excluding ortho intramolecular Hbond substituents is 1. The van der Waals surface area contributed by atoms with Gasteiger partial charge in [-0.25, -0.2) is 4.39 Å². The van der Waals surface area contributed by atoms with Gasteiger partial charge in [0, 0.05) is 18.2 Å². The second-order valence-corrected chi connectivity index (χ2v) is 3.27. The first-order chi connectivity index (χ1) is 7.79. The van der Waals surface area contributed by atoms with E-state index in [1.54, 1.807) is 0 Å². The van der Waals surface area contributed by atoms with Gasteiger partial charge in [-0.1, -0.05) is 0 Å². The van der Waals surface area contributed by atoms with Crippen molar-refractivity contribution >= 4 is 11.0 Å². The van der Waals surface area contributed by atoms with Crippen molar-refractivity contribution in [3.63, 3.8) is 0 Å². The summed E-state index contributed by atoms with van der Waals surface area (Å²) in [7, 11) is 0. The molecule has 1 N–H and O–H groups in total. The van der Waals surface area contributed by atoms with Crippen LogP contribution in [0.4, 0.5) is 17.6 Å². The molecule has 0 radical (unpaired) electrons. The van der Waals surface area contributed by atoms with Crippen molar-refractivity contribution in [3.05, 3.63) is 40.0 Å². The second-order valence-electron chi connectivity index (χ2n) is 3.27. The molecule has 2 aromatic rings. The summed E-state index contributed by atoms with van der Waals surface area (Å²) in [6.07, 6.45) is -4.85. The Labute approximate surface area is 90.9 Å². The molecule has 2 rings (SSSR count). The first-order valence-corrected chi connectivity index (χ1v) is 4.32. The number of benzene rings is 1. The van der Waals surface area contributed by atoms with Crippen LogP contribution in [0, 0.1) is 5.82 Å². The number of aromatic hydroxyl groups is 1. The highest BCUT2D eigenvalue weighted by Crippen LogP contribution is 2.31. The summed E-state index contributed by atoms with van der Waals surface area (Å²) in [6, 6.07) is 1.53. The summed E-state index contributed by atoms with van der Waals surface area (Å²) in [5, 5.41) is 8.38. The molecule has 0 bridgehead atoms. The smallest absolute Gasteiger partial charge is 0.449 e. The summed E-state index contributed by atoms with van der Waals surface area (Å²) in [6.45, 7) is 0. The number of phenols is 1. The van der Waals surface area contributed by atoms with E-state index in [-0.39, 0.29) is 6.07 Å². The molecule has 0 atom stereocenters. The fourth-order valence-corrected chi connectivity index (χ4v) is 1.37. The van der Waals surface area contributed by atoms with Crippen molar-refractivity contribution in [1.29, 1.82) is 0 Å². The Morgan fingerprint density at radius 1 is 1.18 bits per heavy atom. The molecule has 0 saturated heterocycles. The predicted molar refractivity (Wildman–Crippen MR) is 49.1 cm³/mol. The van der Waals surface area contributed by atoms with Crippen LogP contribution in [0.3, 0.4) is 0 Å². The van der Waals surface area contributed by atoms with Gasteiger partial charge in [0.15, 0.2) is 5.43 Å². The molecule has 0 aliphatic rings. The molecular formula is C10H4F4O3. The summed E-state index contributed by atoms with van der Waals surface area (Å²) >= 11 is 0. The SMILES string of the molecule is O=c1cc(C(F)(F)F)oc2cc(O)cc(F)c12. The van der Waals surface area contributed by atoms with E-state index in [0.29, 0.717) is 6.07 Å². The number of hydrogen-bond donors (Lipinski definition) is 1. The fourth-order valence-electron chi connectivity index (χ4n) is 1.37. The third-order valence-corrected chi connectivity index (χ3v) is 2.05. The van der Waals surface area contributed by atoms with E-state index < -0.39 is 39.9 Å². The van der Waals surface area contributed by atoms with Crippen molar-refractivity contribution < 1.29 is 27.1 Å². The standard InChI is InChI=1S/C10H4F4O3/c11-5-1-4(15)2-7-9(5)6(16)3-8(17-7)10(12,13)14/h1-3,15H. The Kier molecular flexibility index (Phi) is 2.34. The second kappa shape index (κ2) is 3.47. The normalized spacial score (nSPS) is 12.0. The predicted octanol–water partition coefficient (Wildman–Crippen LogP) is 2.66. The number of hydrogen-bond acceptors (Lipinski definition) is 3. The molecule has 1 aromatic carbocycles. The average Bonchev–Trinajstić information content (AvgIpc) is 2.13. The van der Waals surface area contributed by atoms with Gasteiger partial charge >= 0.3 is 6.18 Å². The molecule has 0 aliphatic heterocycles. The number of halogens is 4. The topological polar surface area (TPSA) is 50.4 Å². The third-order valence-electron chi connectivity index (χ3n) is 2.05. The summed E-state index contributed by atoms with van der Waals surface area (Å²) in [5.74, 6) is -3.31. The Balaban J connectivity index is 2.87. The molecule has 90 valence electrons. The molecular weight excluding hydrogens is 244 g/mol. The lowest BCUT2D eigenvalue weighted by molar-refractivity contribution is -0.152. The van der Waals surface area contributed by atoms with Crippen molar-refractivity contribution in [3.8, 4) is 5.75 Å². The number of alkyl halides is 3. The molecule has 17 heavy (non-hydrogen) atoms. The molecule has 0 fully saturated rings. The van der Waals surface area contributed by atoms with Gasteiger partial charge in [-0.05, 0) is 0 Å². The van der Waals surface area contributed by atoms with Gasteiger partial charge in [0.25, 0.3) is 0 Å². The van der Waals surface area contributed by atoms with Crippen LogP contribution < -0.4 is 5.43 Å².